The maximum atomic E-state index is 10.6. The van der Waals surface area contributed by atoms with Crippen molar-refractivity contribution < 1.29 is 14.6 Å². The molecule has 0 saturated carbocycles. The molecule has 0 amide bonds. The van der Waals surface area contributed by atoms with Gasteiger partial charge in [0.2, 0.25) is 5.79 Å². The van der Waals surface area contributed by atoms with Crippen molar-refractivity contribution >= 4 is 0 Å². The van der Waals surface area contributed by atoms with E-state index in [9.17, 15) is 5.11 Å². The number of unbranched alkanes of at least 4 members (excludes halogenated alkanes) is 4. The zero-order valence-corrected chi connectivity index (χ0v) is 15.3. The van der Waals surface area contributed by atoms with Gasteiger partial charge in [0.25, 0.3) is 0 Å². The zero-order valence-electron chi connectivity index (χ0n) is 15.3. The van der Waals surface area contributed by atoms with Gasteiger partial charge in [-0.1, -0.05) is 51.7 Å². The summed E-state index contributed by atoms with van der Waals surface area (Å²) in [6, 6.07) is 7.55. The minimum absolute atomic E-state index is 0.182. The fourth-order valence-electron chi connectivity index (χ4n) is 3.18. The van der Waals surface area contributed by atoms with E-state index in [2.05, 4.69) is 18.7 Å². The van der Waals surface area contributed by atoms with Crippen LogP contribution in [-0.4, -0.2) is 42.9 Å². The van der Waals surface area contributed by atoms with Gasteiger partial charge in [0.1, 0.15) is 12.4 Å². The van der Waals surface area contributed by atoms with Crippen LogP contribution in [-0.2, 0) is 10.5 Å². The Hall–Kier alpha value is -1.10. The molecule has 0 bridgehead atoms. The lowest BCUT2D eigenvalue weighted by molar-refractivity contribution is -0.216. The van der Waals surface area contributed by atoms with Crippen LogP contribution in [0.5, 0.6) is 5.75 Å². The van der Waals surface area contributed by atoms with E-state index in [1.165, 1.54) is 32.1 Å². The van der Waals surface area contributed by atoms with Crippen molar-refractivity contribution in [2.24, 2.45) is 0 Å². The quantitative estimate of drug-likeness (QED) is 0.464. The second kappa shape index (κ2) is 10.0. The van der Waals surface area contributed by atoms with Crippen LogP contribution in [0.4, 0.5) is 0 Å². The third kappa shape index (κ3) is 5.47. The van der Waals surface area contributed by atoms with Gasteiger partial charge in [0.15, 0.2) is 0 Å². The number of hydrogen-bond acceptors (Lipinski definition) is 4. The van der Waals surface area contributed by atoms with E-state index in [0.29, 0.717) is 6.61 Å². The predicted octanol–water partition coefficient (Wildman–Crippen LogP) is 3.92. The molecule has 2 rings (SSSR count). The van der Waals surface area contributed by atoms with Crippen molar-refractivity contribution in [1.82, 2.24) is 4.90 Å². The first-order chi connectivity index (χ1) is 11.7. The summed E-state index contributed by atoms with van der Waals surface area (Å²) >= 11 is 0. The smallest absolute Gasteiger partial charge is 0.231 e. The van der Waals surface area contributed by atoms with Crippen LogP contribution < -0.4 is 4.74 Å². The molecule has 1 N–H and O–H groups in total. The van der Waals surface area contributed by atoms with Crippen molar-refractivity contribution in [1.29, 1.82) is 0 Å². The highest BCUT2D eigenvalue weighted by Gasteiger charge is 2.39. The van der Waals surface area contributed by atoms with Gasteiger partial charge in [-0.3, -0.25) is 0 Å². The van der Waals surface area contributed by atoms with Gasteiger partial charge in [0.05, 0.1) is 12.2 Å². The summed E-state index contributed by atoms with van der Waals surface area (Å²) in [5.41, 5.74) is 0.744. The molecule has 1 unspecified atom stereocenters. The summed E-state index contributed by atoms with van der Waals surface area (Å²) in [6.07, 6.45) is 7.53. The van der Waals surface area contributed by atoms with E-state index in [-0.39, 0.29) is 6.61 Å². The van der Waals surface area contributed by atoms with Crippen LogP contribution in [0.25, 0.3) is 0 Å². The summed E-state index contributed by atoms with van der Waals surface area (Å²) in [7, 11) is 0. The average molecular weight is 335 g/mol. The molecule has 1 heterocycles. The molecule has 1 aromatic rings. The fraction of sp³-hybridized carbons (Fsp3) is 0.700. The first kappa shape index (κ1) is 19.2. The molecule has 1 aliphatic rings. The zero-order chi connectivity index (χ0) is 17.3. The Kier molecular flexibility index (Phi) is 8.03. The Labute approximate surface area is 146 Å². The Bertz CT molecular complexity index is 480. The lowest BCUT2D eigenvalue weighted by atomic mass is 10.1. The molecule has 0 aliphatic carbocycles. The monoisotopic (exact) mass is 335 g/mol. The van der Waals surface area contributed by atoms with Crippen LogP contribution in [0.3, 0.4) is 0 Å². The van der Waals surface area contributed by atoms with Gasteiger partial charge in [-0.05, 0) is 38.1 Å². The average Bonchev–Trinajstić information content (AvgIpc) is 2.94. The van der Waals surface area contributed by atoms with Crippen LogP contribution in [0, 0.1) is 0 Å². The molecule has 136 valence electrons. The third-order valence-corrected chi connectivity index (χ3v) is 4.72. The Morgan fingerprint density at radius 3 is 2.62 bits per heavy atom. The summed E-state index contributed by atoms with van der Waals surface area (Å²) in [4.78, 5) is 2.47. The SMILES string of the molecule is CCCCCCCN(CC)CCCOC1(O)COc2ccccc21. The topological polar surface area (TPSA) is 41.9 Å². The number of fused-ring (bicyclic) bond motifs is 1. The van der Waals surface area contributed by atoms with E-state index in [0.717, 1.165) is 37.4 Å². The molecule has 0 aromatic heterocycles. The van der Waals surface area contributed by atoms with E-state index in [1.54, 1.807) is 0 Å². The normalized spacial score (nSPS) is 19.5. The molecule has 0 radical (unpaired) electrons. The Balaban J connectivity index is 1.65. The number of nitrogens with zero attached hydrogens (tertiary/aromatic N) is 1. The van der Waals surface area contributed by atoms with Crippen LogP contribution >= 0.6 is 0 Å². The molecule has 1 aromatic carbocycles. The van der Waals surface area contributed by atoms with Crippen molar-refractivity contribution in [3.8, 4) is 5.75 Å². The minimum atomic E-state index is -1.28. The highest BCUT2D eigenvalue weighted by atomic mass is 16.7. The van der Waals surface area contributed by atoms with Crippen LogP contribution in [0.15, 0.2) is 24.3 Å². The molecule has 0 spiro atoms. The van der Waals surface area contributed by atoms with E-state index >= 15 is 0 Å². The van der Waals surface area contributed by atoms with Crippen LogP contribution in [0.1, 0.15) is 57.9 Å². The summed E-state index contributed by atoms with van der Waals surface area (Å²) in [6.45, 7) is 8.44. The van der Waals surface area contributed by atoms with Gasteiger partial charge in [-0.2, -0.15) is 0 Å². The molecule has 4 nitrogen and oxygen atoms in total. The number of ether oxygens (including phenoxy) is 2. The fourth-order valence-corrected chi connectivity index (χ4v) is 3.18. The molecule has 0 fully saturated rings. The summed E-state index contributed by atoms with van der Waals surface area (Å²) in [5, 5.41) is 10.6. The lowest BCUT2D eigenvalue weighted by Crippen LogP contribution is -2.33. The summed E-state index contributed by atoms with van der Waals surface area (Å²) in [5.74, 6) is -0.560. The standard InChI is InChI=1S/C20H33NO3/c1-3-5-6-7-10-14-21(4-2)15-11-16-24-20(22)17-23-19-13-9-8-12-18(19)20/h8-9,12-13,22H,3-7,10-11,14-17H2,1-2H3. The molecular formula is C20H33NO3. The number of para-hydroxylation sites is 1. The maximum absolute atomic E-state index is 10.6. The number of hydrogen-bond donors (Lipinski definition) is 1. The van der Waals surface area contributed by atoms with Gasteiger partial charge >= 0.3 is 0 Å². The summed E-state index contributed by atoms with van der Waals surface area (Å²) < 4.78 is 11.3. The molecule has 0 saturated heterocycles. The number of rotatable bonds is 12. The molecule has 1 aliphatic heterocycles. The highest BCUT2D eigenvalue weighted by molar-refractivity contribution is 5.40. The molecular weight excluding hydrogens is 302 g/mol. The van der Waals surface area contributed by atoms with Crippen molar-refractivity contribution in [3.05, 3.63) is 29.8 Å². The van der Waals surface area contributed by atoms with Gasteiger partial charge in [0, 0.05) is 6.54 Å². The van der Waals surface area contributed by atoms with E-state index in [1.807, 2.05) is 24.3 Å². The largest absolute Gasteiger partial charge is 0.487 e. The third-order valence-electron chi connectivity index (χ3n) is 4.72. The van der Waals surface area contributed by atoms with Crippen molar-refractivity contribution in [2.45, 2.75) is 58.2 Å². The molecule has 24 heavy (non-hydrogen) atoms. The van der Waals surface area contributed by atoms with Gasteiger partial charge in [-0.15, -0.1) is 0 Å². The minimum Gasteiger partial charge on any atom is -0.487 e. The first-order valence-electron chi connectivity index (χ1n) is 9.50. The number of benzene rings is 1. The predicted molar refractivity (Wildman–Crippen MR) is 97.3 cm³/mol. The second-order valence-electron chi connectivity index (χ2n) is 6.62. The van der Waals surface area contributed by atoms with Gasteiger partial charge < -0.3 is 19.5 Å². The Morgan fingerprint density at radius 1 is 1.08 bits per heavy atom. The van der Waals surface area contributed by atoms with Crippen molar-refractivity contribution in [2.75, 3.05) is 32.8 Å². The number of aliphatic hydroxyl groups is 1. The maximum Gasteiger partial charge on any atom is 0.231 e. The highest BCUT2D eigenvalue weighted by Crippen LogP contribution is 2.37. The second-order valence-corrected chi connectivity index (χ2v) is 6.62. The Morgan fingerprint density at radius 2 is 1.83 bits per heavy atom. The molecule has 1 atom stereocenters. The van der Waals surface area contributed by atoms with Crippen LogP contribution in [0.2, 0.25) is 0 Å². The van der Waals surface area contributed by atoms with Gasteiger partial charge in [-0.25, -0.2) is 0 Å². The van der Waals surface area contributed by atoms with E-state index in [4.69, 9.17) is 9.47 Å². The van der Waals surface area contributed by atoms with Crippen molar-refractivity contribution in [3.63, 3.8) is 0 Å². The molecule has 4 heteroatoms. The van der Waals surface area contributed by atoms with E-state index < -0.39 is 5.79 Å². The lowest BCUT2D eigenvalue weighted by Gasteiger charge is -2.24. The first-order valence-corrected chi connectivity index (χ1v) is 9.50.